The summed E-state index contributed by atoms with van der Waals surface area (Å²) in [6.45, 7) is 4.82. The van der Waals surface area contributed by atoms with Gasteiger partial charge in [-0.25, -0.2) is 4.68 Å². The van der Waals surface area contributed by atoms with Crippen LogP contribution in [0.4, 0.5) is 0 Å². The topological polar surface area (TPSA) is 61.2 Å². The fourth-order valence-corrected chi connectivity index (χ4v) is 1.82. The van der Waals surface area contributed by atoms with Crippen LogP contribution in [0.1, 0.15) is 25.0 Å². The van der Waals surface area contributed by atoms with Crippen molar-refractivity contribution in [2.45, 2.75) is 32.4 Å². The molecule has 1 fully saturated rings. The predicted octanol–water partition coefficient (Wildman–Crippen LogP) is 0.831. The summed E-state index contributed by atoms with van der Waals surface area (Å²) in [6, 6.07) is 0. The van der Waals surface area contributed by atoms with E-state index in [1.54, 1.807) is 7.11 Å². The van der Waals surface area contributed by atoms with Gasteiger partial charge >= 0.3 is 0 Å². The highest BCUT2D eigenvalue weighted by molar-refractivity contribution is 4.92. The van der Waals surface area contributed by atoms with E-state index in [-0.39, 0.29) is 0 Å². The second kappa shape index (κ2) is 8.24. The molecule has 0 amide bonds. The molecule has 6 heteroatoms. The molecule has 6 nitrogen and oxygen atoms in total. The van der Waals surface area contributed by atoms with Gasteiger partial charge in [-0.1, -0.05) is 5.21 Å². The van der Waals surface area contributed by atoms with E-state index < -0.39 is 0 Å². The molecule has 0 unspecified atom stereocenters. The standard InChI is InChI=1S/C13H24N4O2/c1-18-6-2-7-19-8-5-17-11-13(15-16-17)10-14-9-12-3-4-12/h11-12,14H,2-10H2,1H3. The highest BCUT2D eigenvalue weighted by Crippen LogP contribution is 2.27. The van der Waals surface area contributed by atoms with Crippen molar-refractivity contribution in [2.75, 3.05) is 33.5 Å². The van der Waals surface area contributed by atoms with E-state index in [1.807, 2.05) is 10.9 Å². The van der Waals surface area contributed by atoms with E-state index in [0.717, 1.165) is 50.9 Å². The lowest BCUT2D eigenvalue weighted by molar-refractivity contribution is 0.0958. The Morgan fingerprint density at radius 3 is 3.05 bits per heavy atom. The molecule has 19 heavy (non-hydrogen) atoms. The zero-order chi connectivity index (χ0) is 13.3. The molecule has 0 radical (unpaired) electrons. The number of nitrogens with one attached hydrogen (secondary N) is 1. The van der Waals surface area contributed by atoms with Crippen LogP contribution >= 0.6 is 0 Å². The van der Waals surface area contributed by atoms with Gasteiger partial charge in [0, 0.05) is 33.1 Å². The van der Waals surface area contributed by atoms with Crippen LogP contribution in [-0.2, 0) is 22.6 Å². The summed E-state index contributed by atoms with van der Waals surface area (Å²) < 4.78 is 12.3. The number of methoxy groups -OCH3 is 1. The fraction of sp³-hybridized carbons (Fsp3) is 0.846. The lowest BCUT2D eigenvalue weighted by Crippen LogP contribution is -2.16. The Hall–Kier alpha value is -0.980. The first kappa shape index (κ1) is 14.4. The van der Waals surface area contributed by atoms with Gasteiger partial charge in [0.05, 0.1) is 18.8 Å². The number of hydrogen-bond acceptors (Lipinski definition) is 5. The van der Waals surface area contributed by atoms with Crippen molar-refractivity contribution >= 4 is 0 Å². The van der Waals surface area contributed by atoms with E-state index >= 15 is 0 Å². The van der Waals surface area contributed by atoms with Crippen molar-refractivity contribution in [3.8, 4) is 0 Å². The Labute approximate surface area is 114 Å². The molecule has 0 saturated heterocycles. The monoisotopic (exact) mass is 268 g/mol. The minimum absolute atomic E-state index is 0.669. The molecule has 0 aromatic carbocycles. The summed E-state index contributed by atoms with van der Waals surface area (Å²) in [7, 11) is 1.70. The molecule has 1 N–H and O–H groups in total. The summed E-state index contributed by atoms with van der Waals surface area (Å²) in [5, 5.41) is 11.6. The third kappa shape index (κ3) is 6.13. The number of hydrogen-bond donors (Lipinski definition) is 1. The number of ether oxygens (including phenoxy) is 2. The quantitative estimate of drug-likeness (QED) is 0.602. The van der Waals surface area contributed by atoms with Crippen molar-refractivity contribution in [2.24, 2.45) is 5.92 Å². The third-order valence-corrected chi connectivity index (χ3v) is 3.12. The Bertz CT molecular complexity index is 352. The minimum Gasteiger partial charge on any atom is -0.385 e. The van der Waals surface area contributed by atoms with Crippen LogP contribution in [-0.4, -0.2) is 48.5 Å². The molecular formula is C13H24N4O2. The zero-order valence-corrected chi connectivity index (χ0v) is 11.7. The largest absolute Gasteiger partial charge is 0.385 e. The predicted molar refractivity (Wildman–Crippen MR) is 71.8 cm³/mol. The smallest absolute Gasteiger partial charge is 0.0964 e. The van der Waals surface area contributed by atoms with Crippen molar-refractivity contribution < 1.29 is 9.47 Å². The van der Waals surface area contributed by atoms with Crippen LogP contribution in [0.5, 0.6) is 0 Å². The highest BCUT2D eigenvalue weighted by atomic mass is 16.5. The van der Waals surface area contributed by atoms with E-state index in [4.69, 9.17) is 9.47 Å². The molecule has 1 aromatic heterocycles. The maximum Gasteiger partial charge on any atom is 0.0964 e. The van der Waals surface area contributed by atoms with Gasteiger partial charge in [-0.2, -0.15) is 0 Å². The maximum atomic E-state index is 5.49. The van der Waals surface area contributed by atoms with Crippen LogP contribution in [0.15, 0.2) is 6.20 Å². The van der Waals surface area contributed by atoms with E-state index in [1.165, 1.54) is 12.8 Å². The lowest BCUT2D eigenvalue weighted by atomic mass is 10.4. The molecule has 0 atom stereocenters. The summed E-state index contributed by atoms with van der Waals surface area (Å²) >= 11 is 0. The van der Waals surface area contributed by atoms with Crippen molar-refractivity contribution in [1.29, 1.82) is 0 Å². The minimum atomic E-state index is 0.669. The Balaban J connectivity index is 1.52. The second-order valence-corrected chi connectivity index (χ2v) is 5.01. The number of nitrogens with zero attached hydrogens (tertiary/aromatic N) is 3. The molecule has 1 aliphatic rings. The first-order valence-corrected chi connectivity index (χ1v) is 7.05. The van der Waals surface area contributed by atoms with Crippen LogP contribution in [0.2, 0.25) is 0 Å². The molecule has 1 saturated carbocycles. The van der Waals surface area contributed by atoms with E-state index in [9.17, 15) is 0 Å². The molecular weight excluding hydrogens is 244 g/mol. The van der Waals surface area contributed by atoms with Gasteiger partial charge in [0.15, 0.2) is 0 Å². The molecule has 0 aliphatic heterocycles. The van der Waals surface area contributed by atoms with Crippen LogP contribution in [0, 0.1) is 5.92 Å². The van der Waals surface area contributed by atoms with Crippen molar-refractivity contribution in [1.82, 2.24) is 20.3 Å². The Morgan fingerprint density at radius 1 is 1.37 bits per heavy atom. The van der Waals surface area contributed by atoms with Crippen molar-refractivity contribution in [3.63, 3.8) is 0 Å². The van der Waals surface area contributed by atoms with Gasteiger partial charge in [0.25, 0.3) is 0 Å². The summed E-state index contributed by atoms with van der Waals surface area (Å²) in [5.41, 5.74) is 1.00. The average molecular weight is 268 g/mol. The van der Waals surface area contributed by atoms with Gasteiger partial charge in [-0.05, 0) is 31.7 Å². The van der Waals surface area contributed by atoms with Gasteiger partial charge in [0.2, 0.25) is 0 Å². The molecule has 2 rings (SSSR count). The highest BCUT2D eigenvalue weighted by Gasteiger charge is 2.20. The maximum absolute atomic E-state index is 5.49. The molecule has 1 aromatic rings. The van der Waals surface area contributed by atoms with Crippen LogP contribution in [0.3, 0.4) is 0 Å². The first-order chi connectivity index (χ1) is 9.38. The SMILES string of the molecule is COCCCOCCn1cc(CNCC2CC2)nn1. The van der Waals surface area contributed by atoms with E-state index in [0.29, 0.717) is 6.61 Å². The normalized spacial score (nSPS) is 15.0. The average Bonchev–Trinajstić information content (AvgIpc) is 3.13. The fourth-order valence-electron chi connectivity index (χ4n) is 1.82. The van der Waals surface area contributed by atoms with Gasteiger partial charge < -0.3 is 14.8 Å². The van der Waals surface area contributed by atoms with Crippen LogP contribution < -0.4 is 5.32 Å². The summed E-state index contributed by atoms with van der Waals surface area (Å²) in [6.07, 6.45) is 5.67. The Kier molecular flexibility index (Phi) is 6.26. The third-order valence-electron chi connectivity index (χ3n) is 3.12. The molecule has 108 valence electrons. The summed E-state index contributed by atoms with van der Waals surface area (Å²) in [5.74, 6) is 0.899. The van der Waals surface area contributed by atoms with E-state index in [2.05, 4.69) is 15.6 Å². The van der Waals surface area contributed by atoms with Gasteiger partial charge in [-0.3, -0.25) is 0 Å². The molecule has 0 spiro atoms. The van der Waals surface area contributed by atoms with Crippen molar-refractivity contribution in [3.05, 3.63) is 11.9 Å². The van der Waals surface area contributed by atoms with Gasteiger partial charge in [0.1, 0.15) is 0 Å². The Morgan fingerprint density at radius 2 is 2.26 bits per heavy atom. The van der Waals surface area contributed by atoms with Gasteiger partial charge in [-0.15, -0.1) is 5.10 Å². The number of rotatable bonds is 11. The molecule has 1 heterocycles. The molecule has 1 aliphatic carbocycles. The van der Waals surface area contributed by atoms with Crippen LogP contribution in [0.25, 0.3) is 0 Å². The second-order valence-electron chi connectivity index (χ2n) is 5.01. The zero-order valence-electron chi connectivity index (χ0n) is 11.7. The summed E-state index contributed by atoms with van der Waals surface area (Å²) in [4.78, 5) is 0. The first-order valence-electron chi connectivity index (χ1n) is 7.05. The molecule has 0 bridgehead atoms. The lowest BCUT2D eigenvalue weighted by Gasteiger charge is -2.03. The number of aromatic nitrogens is 3.